The van der Waals surface area contributed by atoms with Gasteiger partial charge in [-0.1, -0.05) is 48.5 Å². The minimum atomic E-state index is -0.0891. The number of nitrogens with one attached hydrogen (secondary N) is 1. The van der Waals surface area contributed by atoms with Gasteiger partial charge in [0.25, 0.3) is 5.91 Å². The second kappa shape index (κ2) is 9.49. The molecule has 4 rings (SSSR count). The Morgan fingerprint density at radius 3 is 2.42 bits per heavy atom. The van der Waals surface area contributed by atoms with Gasteiger partial charge in [-0.25, -0.2) is 4.98 Å². The van der Waals surface area contributed by atoms with Crippen LogP contribution in [0.4, 0.5) is 0 Å². The fourth-order valence-corrected chi connectivity index (χ4v) is 3.66. The highest BCUT2D eigenvalue weighted by Crippen LogP contribution is 2.24. The van der Waals surface area contributed by atoms with Crippen LogP contribution in [-0.4, -0.2) is 47.5 Å². The van der Waals surface area contributed by atoms with Crippen molar-refractivity contribution in [2.24, 2.45) is 0 Å². The van der Waals surface area contributed by atoms with Gasteiger partial charge in [0.2, 0.25) is 0 Å². The summed E-state index contributed by atoms with van der Waals surface area (Å²) in [5.74, 6) is -0.0891. The van der Waals surface area contributed by atoms with Gasteiger partial charge < -0.3 is 10.2 Å². The first-order chi connectivity index (χ1) is 15.1. The lowest BCUT2D eigenvalue weighted by atomic mass is 10.0. The third-order valence-electron chi connectivity index (χ3n) is 5.48. The van der Waals surface area contributed by atoms with Crippen molar-refractivity contribution in [1.29, 1.82) is 0 Å². The molecular weight excluding hydrogens is 384 g/mol. The number of hydrogen-bond acceptors (Lipinski definition) is 4. The van der Waals surface area contributed by atoms with E-state index < -0.39 is 0 Å². The summed E-state index contributed by atoms with van der Waals surface area (Å²) in [6, 6.07) is 24.0. The minimum absolute atomic E-state index is 0.0891. The molecule has 0 aliphatic carbocycles. The minimum Gasteiger partial charge on any atom is -0.350 e. The van der Waals surface area contributed by atoms with E-state index in [0.717, 1.165) is 28.6 Å². The molecule has 1 N–H and O–H groups in total. The molecule has 0 aliphatic rings. The normalized spacial score (nSPS) is 12.1. The predicted octanol–water partition coefficient (Wildman–Crippen LogP) is 4.20. The van der Waals surface area contributed by atoms with Gasteiger partial charge >= 0.3 is 0 Å². The summed E-state index contributed by atoms with van der Waals surface area (Å²) in [6.07, 6.45) is 4.34. The summed E-state index contributed by atoms with van der Waals surface area (Å²) in [4.78, 5) is 24.2. The van der Waals surface area contributed by atoms with E-state index in [0.29, 0.717) is 12.1 Å². The molecule has 4 aromatic rings. The molecular formula is C26H26N4O. The zero-order chi connectivity index (χ0) is 21.6. The van der Waals surface area contributed by atoms with Gasteiger partial charge in [-0.05, 0) is 50.3 Å². The van der Waals surface area contributed by atoms with Gasteiger partial charge in [0.15, 0.2) is 0 Å². The Morgan fingerprint density at radius 2 is 1.68 bits per heavy atom. The Morgan fingerprint density at radius 1 is 0.968 bits per heavy atom. The standard InChI is InChI=1S/C26H26N4O/c1-30(2)21(16-19-8-4-3-5-9-19)18-28-26(31)23-17-25(20-12-14-27-15-13-20)29-24-11-7-6-10-22(23)24/h3-15,17,21H,16,18H2,1-2H3,(H,28,31)/t21-/m1/s1. The van der Waals surface area contributed by atoms with Gasteiger partial charge in [-0.3, -0.25) is 9.78 Å². The molecule has 2 aromatic heterocycles. The van der Waals surface area contributed by atoms with Gasteiger partial charge in [0.1, 0.15) is 0 Å². The Bertz CT molecular complexity index is 1160. The zero-order valence-electron chi connectivity index (χ0n) is 17.8. The molecule has 0 saturated carbocycles. The topological polar surface area (TPSA) is 58.1 Å². The number of nitrogens with zero attached hydrogens (tertiary/aromatic N) is 3. The number of likely N-dealkylation sites (N-methyl/N-ethyl adjacent to an activating group) is 1. The highest BCUT2D eigenvalue weighted by molar-refractivity contribution is 6.07. The van der Waals surface area contributed by atoms with Crippen molar-refractivity contribution in [1.82, 2.24) is 20.2 Å². The molecule has 0 fully saturated rings. The van der Waals surface area contributed by atoms with Gasteiger partial charge in [0.05, 0.1) is 16.8 Å². The Kier molecular flexibility index (Phi) is 6.34. The molecule has 0 aliphatic heterocycles. The van der Waals surface area contributed by atoms with Crippen LogP contribution >= 0.6 is 0 Å². The Labute approximate surface area is 182 Å². The average molecular weight is 411 g/mol. The molecule has 0 radical (unpaired) electrons. The summed E-state index contributed by atoms with van der Waals surface area (Å²) < 4.78 is 0. The predicted molar refractivity (Wildman–Crippen MR) is 125 cm³/mol. The van der Waals surface area contributed by atoms with Crippen LogP contribution < -0.4 is 5.32 Å². The van der Waals surface area contributed by atoms with Crippen LogP contribution in [0.2, 0.25) is 0 Å². The van der Waals surface area contributed by atoms with Crippen LogP contribution in [0, 0.1) is 0 Å². The average Bonchev–Trinajstić information content (AvgIpc) is 2.82. The molecule has 31 heavy (non-hydrogen) atoms. The third kappa shape index (κ3) is 4.95. The van der Waals surface area contributed by atoms with Crippen molar-refractivity contribution in [3.63, 3.8) is 0 Å². The molecule has 0 spiro atoms. The Hall–Kier alpha value is -3.57. The fourth-order valence-electron chi connectivity index (χ4n) is 3.66. The number of amides is 1. The van der Waals surface area contributed by atoms with E-state index in [2.05, 4.69) is 27.3 Å². The lowest BCUT2D eigenvalue weighted by molar-refractivity contribution is 0.0943. The number of benzene rings is 2. The van der Waals surface area contributed by atoms with Crippen molar-refractivity contribution in [2.45, 2.75) is 12.5 Å². The summed E-state index contributed by atoms with van der Waals surface area (Å²) in [5, 5.41) is 4.00. The molecule has 2 heterocycles. The Balaban J connectivity index is 1.59. The highest BCUT2D eigenvalue weighted by Gasteiger charge is 2.17. The first kappa shape index (κ1) is 20.7. The second-order valence-corrected chi connectivity index (χ2v) is 7.83. The molecule has 0 unspecified atom stereocenters. The molecule has 5 nitrogen and oxygen atoms in total. The van der Waals surface area contributed by atoms with Crippen molar-refractivity contribution >= 4 is 16.8 Å². The maximum absolute atomic E-state index is 13.3. The highest BCUT2D eigenvalue weighted by atomic mass is 16.1. The number of para-hydroxylation sites is 1. The SMILES string of the molecule is CN(C)[C@@H](CNC(=O)c1cc(-c2ccncc2)nc2ccccc12)Cc1ccccc1. The first-order valence-corrected chi connectivity index (χ1v) is 10.4. The van der Waals surface area contributed by atoms with Crippen LogP contribution in [-0.2, 0) is 6.42 Å². The second-order valence-electron chi connectivity index (χ2n) is 7.83. The van der Waals surface area contributed by atoms with Crippen molar-refractivity contribution in [3.8, 4) is 11.3 Å². The molecule has 0 bridgehead atoms. The van der Waals surface area contributed by atoms with E-state index in [9.17, 15) is 4.79 Å². The first-order valence-electron chi connectivity index (χ1n) is 10.4. The van der Waals surface area contributed by atoms with Crippen LogP contribution in [0.15, 0.2) is 85.2 Å². The number of aromatic nitrogens is 2. The maximum atomic E-state index is 13.3. The number of carbonyl (C=O) groups is 1. The smallest absolute Gasteiger partial charge is 0.252 e. The third-order valence-corrected chi connectivity index (χ3v) is 5.48. The fraction of sp³-hybridized carbons (Fsp3) is 0.192. The van der Waals surface area contributed by atoms with E-state index in [1.165, 1.54) is 5.56 Å². The van der Waals surface area contributed by atoms with Crippen LogP contribution in [0.3, 0.4) is 0 Å². The van der Waals surface area contributed by atoms with Crippen molar-refractivity contribution < 1.29 is 4.79 Å². The summed E-state index contributed by atoms with van der Waals surface area (Å²) >= 11 is 0. The van der Waals surface area contributed by atoms with Gasteiger partial charge in [-0.2, -0.15) is 0 Å². The number of rotatable bonds is 7. The quantitative estimate of drug-likeness (QED) is 0.496. The van der Waals surface area contributed by atoms with E-state index in [1.54, 1.807) is 12.4 Å². The van der Waals surface area contributed by atoms with Crippen LogP contribution in [0.1, 0.15) is 15.9 Å². The van der Waals surface area contributed by atoms with Crippen LogP contribution in [0.5, 0.6) is 0 Å². The molecule has 1 amide bonds. The molecule has 0 saturated heterocycles. The zero-order valence-corrected chi connectivity index (χ0v) is 17.8. The van der Waals surface area contributed by atoms with E-state index in [1.807, 2.05) is 74.8 Å². The van der Waals surface area contributed by atoms with E-state index in [-0.39, 0.29) is 11.9 Å². The van der Waals surface area contributed by atoms with Gasteiger partial charge in [-0.15, -0.1) is 0 Å². The molecule has 1 atom stereocenters. The number of fused-ring (bicyclic) bond motifs is 1. The monoisotopic (exact) mass is 410 g/mol. The van der Waals surface area contributed by atoms with Gasteiger partial charge in [0, 0.05) is 35.9 Å². The van der Waals surface area contributed by atoms with Crippen molar-refractivity contribution in [2.75, 3.05) is 20.6 Å². The van der Waals surface area contributed by atoms with E-state index in [4.69, 9.17) is 4.98 Å². The maximum Gasteiger partial charge on any atom is 0.252 e. The van der Waals surface area contributed by atoms with E-state index >= 15 is 0 Å². The summed E-state index contributed by atoms with van der Waals surface area (Å²) in [6.45, 7) is 0.558. The number of pyridine rings is 2. The van der Waals surface area contributed by atoms with Crippen LogP contribution in [0.25, 0.3) is 22.2 Å². The lowest BCUT2D eigenvalue weighted by Gasteiger charge is -2.25. The number of hydrogen-bond donors (Lipinski definition) is 1. The van der Waals surface area contributed by atoms with Crippen molar-refractivity contribution in [3.05, 3.63) is 96.3 Å². The summed E-state index contributed by atoms with van der Waals surface area (Å²) in [5.41, 5.74) is 4.39. The number of carbonyl (C=O) groups excluding carboxylic acids is 1. The molecule has 156 valence electrons. The summed E-state index contributed by atoms with van der Waals surface area (Å²) in [7, 11) is 4.09. The largest absolute Gasteiger partial charge is 0.350 e. The lowest BCUT2D eigenvalue weighted by Crippen LogP contribution is -2.41. The molecule has 2 aromatic carbocycles. The molecule has 5 heteroatoms.